The van der Waals surface area contributed by atoms with Crippen LogP contribution < -0.4 is 4.90 Å². The lowest BCUT2D eigenvalue weighted by Gasteiger charge is -2.40. The summed E-state index contributed by atoms with van der Waals surface area (Å²) in [5.41, 5.74) is 0.649. The van der Waals surface area contributed by atoms with E-state index in [-0.39, 0.29) is 48.7 Å². The van der Waals surface area contributed by atoms with Gasteiger partial charge in [-0.05, 0) is 49.9 Å². The van der Waals surface area contributed by atoms with Gasteiger partial charge in [0, 0.05) is 22.5 Å². The summed E-state index contributed by atoms with van der Waals surface area (Å²) in [6, 6.07) is 5.62. The molecule has 1 spiro atoms. The van der Waals surface area contributed by atoms with E-state index in [2.05, 4.69) is 6.58 Å². The zero-order valence-corrected chi connectivity index (χ0v) is 21.9. The number of anilines is 1. The predicted molar refractivity (Wildman–Crippen MR) is 137 cm³/mol. The van der Waals surface area contributed by atoms with Crippen molar-refractivity contribution in [3.63, 3.8) is 0 Å². The van der Waals surface area contributed by atoms with Gasteiger partial charge in [-0.2, -0.15) is 0 Å². The molecule has 4 rings (SSSR count). The van der Waals surface area contributed by atoms with Crippen molar-refractivity contribution < 1.29 is 24.2 Å². The van der Waals surface area contributed by atoms with Gasteiger partial charge in [-0.15, -0.1) is 18.3 Å². The largest absolute Gasteiger partial charge is 0.466 e. The molecule has 35 heavy (non-hydrogen) atoms. The van der Waals surface area contributed by atoms with Crippen LogP contribution in [0.3, 0.4) is 0 Å². The van der Waals surface area contributed by atoms with Gasteiger partial charge >= 0.3 is 5.97 Å². The van der Waals surface area contributed by atoms with E-state index in [9.17, 15) is 19.5 Å². The summed E-state index contributed by atoms with van der Waals surface area (Å²) in [5.74, 6) is -2.16. The molecule has 0 radical (unpaired) electrons. The molecule has 9 heteroatoms. The van der Waals surface area contributed by atoms with Crippen LogP contribution in [0, 0.1) is 17.8 Å². The van der Waals surface area contributed by atoms with Crippen LogP contribution in [0.1, 0.15) is 33.6 Å². The maximum absolute atomic E-state index is 14.4. The number of aliphatic hydroxyl groups excluding tert-OH is 1. The first kappa shape index (κ1) is 26.0. The maximum Gasteiger partial charge on any atom is 0.310 e. The van der Waals surface area contributed by atoms with Gasteiger partial charge in [0.15, 0.2) is 0 Å². The Bertz CT molecular complexity index is 1000. The minimum atomic E-state index is -0.815. The van der Waals surface area contributed by atoms with Crippen molar-refractivity contribution in [2.75, 3.05) is 24.7 Å². The van der Waals surface area contributed by atoms with Crippen LogP contribution in [0.2, 0.25) is 5.02 Å². The number of aliphatic hydroxyl groups is 1. The Kier molecular flexibility index (Phi) is 7.55. The van der Waals surface area contributed by atoms with Gasteiger partial charge in [-0.3, -0.25) is 14.4 Å². The molecule has 3 saturated heterocycles. The highest BCUT2D eigenvalue weighted by atomic mass is 35.5. The maximum atomic E-state index is 14.4. The molecule has 2 bridgehead atoms. The number of rotatable bonds is 9. The first-order chi connectivity index (χ1) is 16.7. The van der Waals surface area contributed by atoms with Gasteiger partial charge in [0.1, 0.15) is 6.04 Å². The van der Waals surface area contributed by atoms with Crippen molar-refractivity contribution in [2.24, 2.45) is 17.8 Å². The zero-order chi connectivity index (χ0) is 25.5. The van der Waals surface area contributed by atoms with Crippen LogP contribution in [-0.2, 0) is 19.1 Å². The van der Waals surface area contributed by atoms with Crippen molar-refractivity contribution in [3.05, 3.63) is 41.9 Å². The van der Waals surface area contributed by atoms with Crippen LogP contribution in [0.25, 0.3) is 0 Å². The smallest absolute Gasteiger partial charge is 0.310 e. The van der Waals surface area contributed by atoms with E-state index in [0.29, 0.717) is 17.1 Å². The van der Waals surface area contributed by atoms with Crippen LogP contribution >= 0.6 is 23.4 Å². The minimum Gasteiger partial charge on any atom is -0.466 e. The average molecular weight is 521 g/mol. The second-order valence-electron chi connectivity index (χ2n) is 9.76. The van der Waals surface area contributed by atoms with Gasteiger partial charge in [0.2, 0.25) is 5.91 Å². The number of hydrogen-bond acceptors (Lipinski definition) is 6. The standard InChI is InChI=1S/C26H33ClN2O5S/c1-5-13-28(17-9-7-16(27)8-10-17)24(32)22-26-12-11-19(35-26)20(25(33)34-6-2)21(26)23(31)29(22)18(14-30)15(3)4/h5,7-10,15,18-22,30H,1,6,11-14H2,2-4H3/t18-,19-,20+,21-,22?,26?/m0/s1. The van der Waals surface area contributed by atoms with Crippen molar-refractivity contribution >= 4 is 46.8 Å². The molecule has 6 atom stereocenters. The van der Waals surface area contributed by atoms with E-state index in [0.717, 1.165) is 6.42 Å². The van der Waals surface area contributed by atoms with E-state index in [4.69, 9.17) is 16.3 Å². The number of esters is 1. The third kappa shape index (κ3) is 4.17. The monoisotopic (exact) mass is 520 g/mol. The van der Waals surface area contributed by atoms with E-state index in [1.54, 1.807) is 58.8 Å². The van der Waals surface area contributed by atoms with E-state index >= 15 is 0 Å². The molecule has 1 N–H and O–H groups in total. The Morgan fingerprint density at radius 1 is 1.37 bits per heavy atom. The second-order valence-corrected chi connectivity index (χ2v) is 11.8. The molecule has 2 unspecified atom stereocenters. The number of halogens is 1. The topological polar surface area (TPSA) is 87.2 Å². The van der Waals surface area contributed by atoms with Gasteiger partial charge in [0.05, 0.1) is 35.8 Å². The molecular formula is C26H33ClN2O5S. The molecule has 3 aliphatic rings. The molecule has 0 aromatic heterocycles. The molecule has 1 aromatic rings. The first-order valence-corrected chi connectivity index (χ1v) is 13.4. The number of nitrogens with zero attached hydrogens (tertiary/aromatic N) is 2. The summed E-state index contributed by atoms with van der Waals surface area (Å²) in [4.78, 5) is 44.6. The van der Waals surface area contributed by atoms with Crippen molar-refractivity contribution in [1.82, 2.24) is 4.90 Å². The molecule has 7 nitrogen and oxygen atoms in total. The summed E-state index contributed by atoms with van der Waals surface area (Å²) in [7, 11) is 0. The lowest BCUT2D eigenvalue weighted by molar-refractivity contribution is -0.154. The molecular weight excluding hydrogens is 488 g/mol. The molecule has 3 aliphatic heterocycles. The van der Waals surface area contributed by atoms with E-state index < -0.39 is 28.7 Å². The molecule has 3 fully saturated rings. The van der Waals surface area contributed by atoms with E-state index in [1.807, 2.05) is 13.8 Å². The highest BCUT2D eigenvalue weighted by Gasteiger charge is 2.75. The number of hydrogen-bond donors (Lipinski definition) is 1. The van der Waals surface area contributed by atoms with Crippen LogP contribution in [0.4, 0.5) is 5.69 Å². The molecule has 1 aromatic carbocycles. The highest BCUT2D eigenvalue weighted by Crippen LogP contribution is 2.67. The molecule has 190 valence electrons. The van der Waals surface area contributed by atoms with Crippen LogP contribution in [-0.4, -0.2) is 69.6 Å². The van der Waals surface area contributed by atoms with Crippen molar-refractivity contribution in [3.8, 4) is 0 Å². The minimum absolute atomic E-state index is 0.0598. The summed E-state index contributed by atoms with van der Waals surface area (Å²) in [6.45, 7) is 9.65. The third-order valence-electron chi connectivity index (χ3n) is 7.56. The van der Waals surface area contributed by atoms with Gasteiger partial charge in [-0.1, -0.05) is 31.5 Å². The Hall–Kier alpha value is -2.03. The number of ether oxygens (including phenoxy) is 1. The molecule has 3 heterocycles. The fraction of sp³-hybridized carbons (Fsp3) is 0.577. The fourth-order valence-corrected chi connectivity index (χ4v) is 8.39. The molecule has 2 amide bonds. The van der Waals surface area contributed by atoms with Crippen LogP contribution in [0.5, 0.6) is 0 Å². The summed E-state index contributed by atoms with van der Waals surface area (Å²) in [6.07, 6.45) is 3.04. The quantitative estimate of drug-likeness (QED) is 0.396. The summed E-state index contributed by atoms with van der Waals surface area (Å²) >= 11 is 7.67. The SMILES string of the molecule is C=CCN(C(=O)C1N([C@@H](CO)C(C)C)C(=O)[C@@H]2[C@H](C(=O)OCC)[C@@H]3CCC12S3)c1ccc(Cl)cc1. The lowest BCUT2D eigenvalue weighted by Crippen LogP contribution is -2.58. The number of likely N-dealkylation sites (tertiary alicyclic amines) is 1. The normalized spacial score (nSPS) is 29.9. The number of fused-ring (bicyclic) bond motifs is 1. The first-order valence-electron chi connectivity index (χ1n) is 12.2. The Morgan fingerprint density at radius 2 is 2.06 bits per heavy atom. The molecule has 0 aliphatic carbocycles. The van der Waals surface area contributed by atoms with Gasteiger partial charge in [0.25, 0.3) is 5.91 Å². The Labute approximate surface area is 215 Å². The van der Waals surface area contributed by atoms with Gasteiger partial charge in [-0.25, -0.2) is 0 Å². The number of carbonyl (C=O) groups is 3. The predicted octanol–water partition coefficient (Wildman–Crippen LogP) is 3.53. The van der Waals surface area contributed by atoms with Crippen LogP contribution in [0.15, 0.2) is 36.9 Å². The zero-order valence-electron chi connectivity index (χ0n) is 20.4. The Morgan fingerprint density at radius 3 is 2.63 bits per heavy atom. The van der Waals surface area contributed by atoms with Crippen molar-refractivity contribution in [2.45, 2.75) is 55.7 Å². The lowest BCUT2D eigenvalue weighted by atomic mass is 9.71. The second kappa shape index (κ2) is 10.1. The van der Waals surface area contributed by atoms with Gasteiger partial charge < -0.3 is 19.6 Å². The molecule has 0 saturated carbocycles. The average Bonchev–Trinajstić information content (AvgIpc) is 3.46. The number of carbonyl (C=O) groups excluding carboxylic acids is 3. The number of benzene rings is 1. The fourth-order valence-electron chi connectivity index (χ4n) is 6.07. The third-order valence-corrected chi connectivity index (χ3v) is 9.76. The summed E-state index contributed by atoms with van der Waals surface area (Å²) in [5, 5.41) is 10.8. The van der Waals surface area contributed by atoms with E-state index in [1.165, 1.54) is 0 Å². The number of amides is 2. The Balaban J connectivity index is 1.82. The number of thioether (sulfide) groups is 1. The summed E-state index contributed by atoms with van der Waals surface area (Å²) < 4.78 is 4.62. The highest BCUT2D eigenvalue weighted by molar-refractivity contribution is 8.02. The van der Waals surface area contributed by atoms with Crippen molar-refractivity contribution in [1.29, 1.82) is 0 Å².